The van der Waals surface area contributed by atoms with Crippen molar-refractivity contribution in [1.29, 1.82) is 0 Å². The number of ether oxygens (including phenoxy) is 2. The molecule has 38 heavy (non-hydrogen) atoms. The van der Waals surface area contributed by atoms with Crippen molar-refractivity contribution in [3.63, 3.8) is 0 Å². The predicted octanol–water partition coefficient (Wildman–Crippen LogP) is 7.30. The van der Waals surface area contributed by atoms with Crippen molar-refractivity contribution in [1.82, 2.24) is 5.06 Å². The number of hydrogen-bond donors (Lipinski definition) is 0. The molecule has 2 atom stereocenters. The fourth-order valence-electron chi connectivity index (χ4n) is 5.29. The van der Waals surface area contributed by atoms with Crippen LogP contribution in [-0.2, 0) is 16.1 Å². The van der Waals surface area contributed by atoms with Crippen LogP contribution in [0.5, 0.6) is 11.5 Å². The van der Waals surface area contributed by atoms with Crippen LogP contribution in [0.2, 0.25) is 0 Å². The lowest BCUT2D eigenvalue weighted by Gasteiger charge is -2.35. The fourth-order valence-corrected chi connectivity index (χ4v) is 5.29. The van der Waals surface area contributed by atoms with E-state index in [-0.39, 0.29) is 11.8 Å². The number of unbranched alkanes of at least 4 members (excludes halogenated alkanes) is 2. The lowest BCUT2D eigenvalue weighted by Crippen LogP contribution is -2.25. The Balaban J connectivity index is 1.46. The van der Waals surface area contributed by atoms with Crippen LogP contribution >= 0.6 is 0 Å². The molecule has 1 amide bonds. The molecule has 202 valence electrons. The van der Waals surface area contributed by atoms with Crippen molar-refractivity contribution in [2.24, 2.45) is 0 Å². The summed E-state index contributed by atoms with van der Waals surface area (Å²) in [6, 6.07) is 26.2. The number of nitrogens with zero attached hydrogens (tertiary/aromatic N) is 1. The first-order chi connectivity index (χ1) is 18.6. The Morgan fingerprint density at radius 1 is 0.868 bits per heavy atom. The SMILES string of the molecule is CCCCOc1ccc2c(c1)CC[C@H](c1ccccc1)[C@@H]2c1ccc(OCCCCC(=O)N(C)OC)cc1. The van der Waals surface area contributed by atoms with Crippen LogP contribution in [0.1, 0.15) is 79.5 Å². The maximum atomic E-state index is 11.8. The van der Waals surface area contributed by atoms with Crippen LogP contribution in [-0.4, -0.2) is 38.3 Å². The molecule has 0 spiro atoms. The van der Waals surface area contributed by atoms with Crippen molar-refractivity contribution < 1.29 is 19.1 Å². The largest absolute Gasteiger partial charge is 0.494 e. The number of carbonyl (C=O) groups excluding carboxylic acids is 1. The Kier molecular flexibility index (Phi) is 10.2. The molecule has 0 bridgehead atoms. The summed E-state index contributed by atoms with van der Waals surface area (Å²) in [5.41, 5.74) is 5.48. The molecular formula is C33H41NO4. The summed E-state index contributed by atoms with van der Waals surface area (Å²) in [6.45, 7) is 3.54. The minimum absolute atomic E-state index is 0.0165. The van der Waals surface area contributed by atoms with Gasteiger partial charge in [-0.1, -0.05) is 61.9 Å². The molecule has 0 saturated carbocycles. The topological polar surface area (TPSA) is 48.0 Å². The number of hydrogen-bond acceptors (Lipinski definition) is 4. The van der Waals surface area contributed by atoms with Gasteiger partial charge in [-0.05, 0) is 84.5 Å². The second-order valence-electron chi connectivity index (χ2n) is 10.0. The minimum atomic E-state index is -0.0165. The molecule has 0 saturated heterocycles. The zero-order valence-electron chi connectivity index (χ0n) is 23.0. The summed E-state index contributed by atoms with van der Waals surface area (Å²) in [5, 5.41) is 1.27. The lowest BCUT2D eigenvalue weighted by atomic mass is 9.69. The van der Waals surface area contributed by atoms with Crippen molar-refractivity contribution in [3.8, 4) is 11.5 Å². The third kappa shape index (κ3) is 7.16. The first-order valence-electron chi connectivity index (χ1n) is 13.9. The van der Waals surface area contributed by atoms with E-state index in [1.807, 2.05) is 0 Å². The summed E-state index contributed by atoms with van der Waals surface area (Å²) in [4.78, 5) is 16.8. The Labute approximate surface area is 227 Å². The van der Waals surface area contributed by atoms with E-state index in [9.17, 15) is 4.79 Å². The van der Waals surface area contributed by atoms with Crippen molar-refractivity contribution in [2.45, 2.75) is 63.7 Å². The zero-order valence-corrected chi connectivity index (χ0v) is 23.0. The number of aryl methyl sites for hydroxylation is 1. The van der Waals surface area contributed by atoms with Crippen molar-refractivity contribution >= 4 is 5.91 Å². The van der Waals surface area contributed by atoms with E-state index in [0.29, 0.717) is 18.9 Å². The highest BCUT2D eigenvalue weighted by Gasteiger charge is 2.32. The van der Waals surface area contributed by atoms with Gasteiger partial charge in [0.2, 0.25) is 5.91 Å². The van der Waals surface area contributed by atoms with Crippen LogP contribution in [0.15, 0.2) is 72.8 Å². The second kappa shape index (κ2) is 14.0. The molecule has 1 aliphatic carbocycles. The maximum Gasteiger partial charge on any atom is 0.245 e. The molecule has 0 aromatic heterocycles. The fraction of sp³-hybridized carbons (Fsp3) is 0.424. The summed E-state index contributed by atoms with van der Waals surface area (Å²) in [6.07, 6.45) is 6.42. The van der Waals surface area contributed by atoms with Gasteiger partial charge in [-0.3, -0.25) is 9.63 Å². The van der Waals surface area contributed by atoms with Gasteiger partial charge < -0.3 is 9.47 Å². The standard InChI is InChI=1S/C33H41NO4/c1-4-5-22-38-29-19-21-31-27(24-29)16-20-30(25-11-7-6-8-12-25)33(31)26-14-17-28(18-15-26)37-23-10-9-13-32(35)34(2)36-3/h6-8,11-12,14-15,17-19,21,24,30,33H,4-5,9-10,13,16,20,22-23H2,1-3H3/t30-,33+/m1/s1. The highest BCUT2D eigenvalue weighted by atomic mass is 16.7. The first-order valence-corrected chi connectivity index (χ1v) is 13.9. The quantitative estimate of drug-likeness (QED) is 0.177. The number of rotatable bonds is 13. The van der Waals surface area contributed by atoms with E-state index in [2.05, 4.69) is 79.7 Å². The highest BCUT2D eigenvalue weighted by molar-refractivity contribution is 5.74. The predicted molar refractivity (Wildman–Crippen MR) is 152 cm³/mol. The molecular weight excluding hydrogens is 474 g/mol. The minimum Gasteiger partial charge on any atom is -0.494 e. The van der Waals surface area contributed by atoms with Gasteiger partial charge in [0.05, 0.1) is 20.3 Å². The Hall–Kier alpha value is -3.31. The van der Waals surface area contributed by atoms with Crippen LogP contribution in [0.3, 0.4) is 0 Å². The molecule has 3 aromatic carbocycles. The van der Waals surface area contributed by atoms with Gasteiger partial charge in [0.25, 0.3) is 0 Å². The molecule has 0 N–H and O–H groups in total. The third-order valence-corrected chi connectivity index (χ3v) is 7.49. The van der Waals surface area contributed by atoms with Gasteiger partial charge in [-0.15, -0.1) is 0 Å². The molecule has 0 unspecified atom stereocenters. The summed E-state index contributed by atoms with van der Waals surface area (Å²) in [5.74, 6) is 2.53. The normalized spacial score (nSPS) is 16.5. The Morgan fingerprint density at radius 3 is 2.32 bits per heavy atom. The first kappa shape index (κ1) is 27.7. The Morgan fingerprint density at radius 2 is 1.58 bits per heavy atom. The summed E-state index contributed by atoms with van der Waals surface area (Å²) < 4.78 is 12.0. The van der Waals surface area contributed by atoms with E-state index in [1.165, 1.54) is 34.4 Å². The van der Waals surface area contributed by atoms with E-state index >= 15 is 0 Å². The number of benzene rings is 3. The lowest BCUT2D eigenvalue weighted by molar-refractivity contribution is -0.168. The van der Waals surface area contributed by atoms with E-state index in [0.717, 1.165) is 56.6 Å². The van der Waals surface area contributed by atoms with Gasteiger partial charge in [0, 0.05) is 19.4 Å². The van der Waals surface area contributed by atoms with Gasteiger partial charge in [0.15, 0.2) is 0 Å². The van der Waals surface area contributed by atoms with Crippen LogP contribution in [0.4, 0.5) is 0 Å². The third-order valence-electron chi connectivity index (χ3n) is 7.49. The molecule has 0 aliphatic heterocycles. The van der Waals surface area contributed by atoms with E-state index < -0.39 is 0 Å². The molecule has 0 radical (unpaired) electrons. The Bertz CT molecular complexity index is 1150. The van der Waals surface area contributed by atoms with E-state index in [4.69, 9.17) is 14.3 Å². The second-order valence-corrected chi connectivity index (χ2v) is 10.0. The van der Waals surface area contributed by atoms with Crippen LogP contribution < -0.4 is 9.47 Å². The van der Waals surface area contributed by atoms with Crippen molar-refractivity contribution in [3.05, 3.63) is 95.1 Å². The smallest absolute Gasteiger partial charge is 0.245 e. The van der Waals surface area contributed by atoms with Gasteiger partial charge in [-0.25, -0.2) is 5.06 Å². The molecule has 5 nitrogen and oxygen atoms in total. The molecule has 1 aliphatic rings. The summed E-state index contributed by atoms with van der Waals surface area (Å²) >= 11 is 0. The number of carbonyl (C=O) groups is 1. The monoisotopic (exact) mass is 515 g/mol. The highest BCUT2D eigenvalue weighted by Crippen LogP contribution is 2.47. The maximum absolute atomic E-state index is 11.8. The molecule has 4 rings (SSSR count). The molecule has 3 aromatic rings. The van der Waals surface area contributed by atoms with Gasteiger partial charge in [0.1, 0.15) is 11.5 Å². The number of amides is 1. The average Bonchev–Trinajstić information content (AvgIpc) is 2.96. The zero-order chi connectivity index (χ0) is 26.7. The molecule has 0 fully saturated rings. The number of fused-ring (bicyclic) bond motifs is 1. The van der Waals surface area contributed by atoms with Crippen LogP contribution in [0.25, 0.3) is 0 Å². The van der Waals surface area contributed by atoms with E-state index in [1.54, 1.807) is 7.05 Å². The average molecular weight is 516 g/mol. The van der Waals surface area contributed by atoms with Gasteiger partial charge >= 0.3 is 0 Å². The van der Waals surface area contributed by atoms with Crippen LogP contribution in [0, 0.1) is 0 Å². The molecule has 5 heteroatoms. The molecule has 0 heterocycles. The summed E-state index contributed by atoms with van der Waals surface area (Å²) in [7, 11) is 3.13. The van der Waals surface area contributed by atoms with Crippen molar-refractivity contribution in [2.75, 3.05) is 27.4 Å². The number of hydroxylamine groups is 2. The van der Waals surface area contributed by atoms with Gasteiger partial charge in [-0.2, -0.15) is 0 Å².